The smallest absolute Gasteiger partial charge is 0.107 e. The van der Waals surface area contributed by atoms with Gasteiger partial charge in [-0.15, -0.1) is 0 Å². The van der Waals surface area contributed by atoms with Gasteiger partial charge < -0.3 is 15.4 Å². The van der Waals surface area contributed by atoms with Crippen LogP contribution in [0.1, 0.15) is 39.5 Å². The van der Waals surface area contributed by atoms with Gasteiger partial charge >= 0.3 is 0 Å². The third-order valence-corrected chi connectivity index (χ3v) is 4.08. The van der Waals surface area contributed by atoms with E-state index in [1.54, 1.807) is 0 Å². The van der Waals surface area contributed by atoms with E-state index in [0.29, 0.717) is 5.92 Å². The standard InChI is InChI=1S/C14H27N3O/c1-3-17(10-11-18-4-2)9-7-13-6-5-8-14(13,16)12-15/h13H,3-11,16H2,1-2H3. The Kier molecular flexibility index (Phi) is 6.62. The molecule has 1 rings (SSSR count). The molecule has 2 N–H and O–H groups in total. The summed E-state index contributed by atoms with van der Waals surface area (Å²) >= 11 is 0. The van der Waals surface area contributed by atoms with Crippen LogP contribution in [-0.2, 0) is 4.74 Å². The van der Waals surface area contributed by atoms with Gasteiger partial charge in [0.25, 0.3) is 0 Å². The third kappa shape index (κ3) is 4.24. The quantitative estimate of drug-likeness (QED) is 0.670. The number of hydrogen-bond donors (Lipinski definition) is 1. The first-order chi connectivity index (χ1) is 8.66. The molecule has 1 aliphatic rings. The van der Waals surface area contributed by atoms with Crippen molar-refractivity contribution in [3.63, 3.8) is 0 Å². The van der Waals surface area contributed by atoms with Gasteiger partial charge in [-0.2, -0.15) is 5.26 Å². The zero-order valence-electron chi connectivity index (χ0n) is 11.8. The van der Waals surface area contributed by atoms with E-state index in [2.05, 4.69) is 17.9 Å². The lowest BCUT2D eigenvalue weighted by Crippen LogP contribution is -2.43. The molecular weight excluding hydrogens is 226 g/mol. The zero-order valence-corrected chi connectivity index (χ0v) is 11.8. The van der Waals surface area contributed by atoms with E-state index in [-0.39, 0.29) is 0 Å². The second kappa shape index (κ2) is 7.73. The first-order valence-corrected chi connectivity index (χ1v) is 7.16. The topological polar surface area (TPSA) is 62.3 Å². The van der Waals surface area contributed by atoms with Crippen LogP contribution in [0.3, 0.4) is 0 Å². The Morgan fingerprint density at radius 3 is 2.83 bits per heavy atom. The molecule has 4 heteroatoms. The average Bonchev–Trinajstić information content (AvgIpc) is 2.76. The van der Waals surface area contributed by atoms with E-state index in [4.69, 9.17) is 10.5 Å². The van der Waals surface area contributed by atoms with Gasteiger partial charge in [-0.05, 0) is 45.2 Å². The highest BCUT2D eigenvalue weighted by Crippen LogP contribution is 2.35. The van der Waals surface area contributed by atoms with Crippen LogP contribution in [0.25, 0.3) is 0 Å². The number of likely N-dealkylation sites (N-methyl/N-ethyl adjacent to an activating group) is 1. The van der Waals surface area contributed by atoms with Gasteiger partial charge in [0, 0.05) is 13.2 Å². The monoisotopic (exact) mass is 253 g/mol. The first kappa shape index (κ1) is 15.4. The largest absolute Gasteiger partial charge is 0.380 e. The molecule has 0 spiro atoms. The molecule has 0 aromatic carbocycles. The molecule has 0 saturated heterocycles. The Labute approximate surface area is 111 Å². The number of nitriles is 1. The fourth-order valence-electron chi connectivity index (χ4n) is 2.76. The van der Waals surface area contributed by atoms with Crippen molar-refractivity contribution in [1.29, 1.82) is 5.26 Å². The highest BCUT2D eigenvalue weighted by Gasteiger charge is 2.39. The summed E-state index contributed by atoms with van der Waals surface area (Å²) in [6.45, 7) is 8.78. The number of rotatable bonds is 8. The molecule has 0 radical (unpaired) electrons. The SMILES string of the molecule is CCOCCN(CC)CCC1CCCC1(N)C#N. The maximum atomic E-state index is 9.18. The van der Waals surface area contributed by atoms with Crippen LogP contribution in [-0.4, -0.2) is 43.3 Å². The van der Waals surface area contributed by atoms with Crippen LogP contribution in [0.5, 0.6) is 0 Å². The zero-order chi connectivity index (χ0) is 13.4. The molecule has 0 aliphatic heterocycles. The van der Waals surface area contributed by atoms with E-state index in [1.807, 2.05) is 6.92 Å². The van der Waals surface area contributed by atoms with Gasteiger partial charge in [0.1, 0.15) is 5.54 Å². The normalized spacial score (nSPS) is 27.6. The van der Waals surface area contributed by atoms with Gasteiger partial charge in [0.2, 0.25) is 0 Å². The van der Waals surface area contributed by atoms with E-state index < -0.39 is 5.54 Å². The van der Waals surface area contributed by atoms with Crippen molar-refractivity contribution in [3.05, 3.63) is 0 Å². The Hall–Kier alpha value is -0.630. The lowest BCUT2D eigenvalue weighted by Gasteiger charge is -2.27. The van der Waals surface area contributed by atoms with Gasteiger partial charge in [-0.3, -0.25) is 0 Å². The Bertz CT molecular complexity index is 277. The summed E-state index contributed by atoms with van der Waals surface area (Å²) in [5.74, 6) is 0.364. The van der Waals surface area contributed by atoms with Crippen molar-refractivity contribution in [2.75, 3.05) is 32.8 Å². The molecule has 0 bridgehead atoms. The Morgan fingerprint density at radius 1 is 1.44 bits per heavy atom. The predicted octanol–water partition coefficient (Wildman–Crippen LogP) is 1.76. The number of nitrogens with two attached hydrogens (primary N) is 1. The summed E-state index contributed by atoms with van der Waals surface area (Å²) in [6, 6.07) is 2.32. The van der Waals surface area contributed by atoms with Crippen molar-refractivity contribution in [1.82, 2.24) is 4.90 Å². The predicted molar refractivity (Wildman–Crippen MR) is 73.1 cm³/mol. The van der Waals surface area contributed by atoms with Gasteiger partial charge in [-0.25, -0.2) is 0 Å². The Balaban J connectivity index is 2.32. The fourth-order valence-corrected chi connectivity index (χ4v) is 2.76. The lowest BCUT2D eigenvalue weighted by molar-refractivity contribution is 0.112. The lowest BCUT2D eigenvalue weighted by atomic mass is 9.87. The van der Waals surface area contributed by atoms with E-state index in [0.717, 1.165) is 58.5 Å². The molecule has 4 nitrogen and oxygen atoms in total. The van der Waals surface area contributed by atoms with Crippen molar-refractivity contribution in [2.24, 2.45) is 11.7 Å². The fraction of sp³-hybridized carbons (Fsp3) is 0.929. The molecule has 104 valence electrons. The minimum absolute atomic E-state index is 0.364. The molecule has 1 saturated carbocycles. The number of nitrogens with zero attached hydrogens (tertiary/aromatic N) is 2. The third-order valence-electron chi connectivity index (χ3n) is 4.08. The summed E-state index contributed by atoms with van der Waals surface area (Å²) in [6.07, 6.45) is 4.09. The van der Waals surface area contributed by atoms with Gasteiger partial charge in [-0.1, -0.05) is 13.3 Å². The minimum atomic E-state index is -0.570. The summed E-state index contributed by atoms with van der Waals surface area (Å²) in [5.41, 5.74) is 5.58. The minimum Gasteiger partial charge on any atom is -0.380 e. The van der Waals surface area contributed by atoms with Gasteiger partial charge in [0.05, 0.1) is 12.7 Å². The molecular formula is C14H27N3O. The summed E-state index contributed by atoms with van der Waals surface area (Å²) in [4.78, 5) is 2.38. The highest BCUT2D eigenvalue weighted by molar-refractivity contribution is 5.11. The van der Waals surface area contributed by atoms with Crippen molar-refractivity contribution < 1.29 is 4.74 Å². The van der Waals surface area contributed by atoms with Crippen LogP contribution in [0, 0.1) is 17.2 Å². The van der Waals surface area contributed by atoms with Gasteiger partial charge in [0.15, 0.2) is 0 Å². The average molecular weight is 253 g/mol. The Morgan fingerprint density at radius 2 is 2.22 bits per heavy atom. The van der Waals surface area contributed by atoms with Crippen molar-refractivity contribution in [2.45, 2.75) is 45.1 Å². The van der Waals surface area contributed by atoms with E-state index >= 15 is 0 Å². The maximum absolute atomic E-state index is 9.18. The van der Waals surface area contributed by atoms with E-state index in [9.17, 15) is 5.26 Å². The molecule has 0 aromatic heterocycles. The second-order valence-electron chi connectivity index (χ2n) is 5.16. The van der Waals surface area contributed by atoms with Crippen LogP contribution in [0.15, 0.2) is 0 Å². The number of ether oxygens (including phenoxy) is 1. The molecule has 2 unspecified atom stereocenters. The highest BCUT2D eigenvalue weighted by atomic mass is 16.5. The molecule has 0 amide bonds. The van der Waals surface area contributed by atoms with Crippen LogP contribution in [0.4, 0.5) is 0 Å². The first-order valence-electron chi connectivity index (χ1n) is 7.16. The molecule has 1 fully saturated rings. The van der Waals surface area contributed by atoms with Crippen molar-refractivity contribution >= 4 is 0 Å². The summed E-state index contributed by atoms with van der Waals surface area (Å²) < 4.78 is 5.38. The molecule has 1 aliphatic carbocycles. The molecule has 0 aromatic rings. The molecule has 0 heterocycles. The van der Waals surface area contributed by atoms with E-state index in [1.165, 1.54) is 0 Å². The van der Waals surface area contributed by atoms with Crippen LogP contribution in [0.2, 0.25) is 0 Å². The molecule has 2 atom stereocenters. The summed E-state index contributed by atoms with van der Waals surface area (Å²) in [7, 11) is 0. The van der Waals surface area contributed by atoms with Crippen molar-refractivity contribution in [3.8, 4) is 6.07 Å². The number of hydrogen-bond acceptors (Lipinski definition) is 4. The second-order valence-corrected chi connectivity index (χ2v) is 5.16. The maximum Gasteiger partial charge on any atom is 0.107 e. The van der Waals surface area contributed by atoms with Crippen LogP contribution < -0.4 is 5.73 Å². The summed E-state index contributed by atoms with van der Waals surface area (Å²) in [5, 5.41) is 9.18. The molecule has 18 heavy (non-hydrogen) atoms. The van der Waals surface area contributed by atoms with Crippen LogP contribution >= 0.6 is 0 Å².